The third-order valence-electron chi connectivity index (χ3n) is 4.18. The molecule has 0 saturated heterocycles. The van der Waals surface area contributed by atoms with E-state index in [0.29, 0.717) is 16.3 Å². The number of rotatable bonds is 1. The summed E-state index contributed by atoms with van der Waals surface area (Å²) in [4.78, 5) is 30.5. The fraction of sp³-hybridized carbons (Fsp3) is 0.533. The molecule has 2 aromatic rings. The molecule has 2 aliphatic carbocycles. The van der Waals surface area contributed by atoms with Crippen LogP contribution in [0, 0.1) is 0 Å². The van der Waals surface area contributed by atoms with Gasteiger partial charge in [-0.15, -0.1) is 11.3 Å². The molecule has 2 aliphatic rings. The number of carbonyl (C=O) groups is 1. The first kappa shape index (κ1) is 15.2. The van der Waals surface area contributed by atoms with E-state index < -0.39 is 5.97 Å². The Labute approximate surface area is 131 Å². The molecule has 0 aliphatic heterocycles. The highest BCUT2D eigenvalue weighted by atomic mass is 32.1. The average Bonchev–Trinajstić information content (AvgIpc) is 3.15. The van der Waals surface area contributed by atoms with Crippen LogP contribution in [0.4, 0.5) is 0 Å². The fourth-order valence-electron chi connectivity index (χ4n) is 3.06. The van der Waals surface area contributed by atoms with Crippen LogP contribution in [-0.2, 0) is 12.8 Å². The van der Waals surface area contributed by atoms with Gasteiger partial charge in [-0.1, -0.05) is 12.8 Å². The summed E-state index contributed by atoms with van der Waals surface area (Å²) >= 11 is 1.44. The maximum absolute atomic E-state index is 11.8. The molecule has 1 saturated carbocycles. The van der Waals surface area contributed by atoms with E-state index >= 15 is 0 Å². The summed E-state index contributed by atoms with van der Waals surface area (Å²) in [6.07, 6.45) is 8.18. The Kier molecular flexibility index (Phi) is 4.26. The SMILES string of the molecule is NC1CCCC1.O=C(O)c1nc2sc3c(c2c(=O)[nH]1)CCC3. The lowest BCUT2D eigenvalue weighted by Gasteiger charge is -1.95. The number of aromatic nitrogens is 2. The molecule has 118 valence electrons. The molecule has 0 bridgehead atoms. The fourth-order valence-corrected chi connectivity index (χ4v) is 4.32. The number of aromatic amines is 1. The zero-order valence-electron chi connectivity index (χ0n) is 12.2. The van der Waals surface area contributed by atoms with Crippen molar-refractivity contribution in [1.82, 2.24) is 9.97 Å². The van der Waals surface area contributed by atoms with Gasteiger partial charge in [0, 0.05) is 10.9 Å². The first-order valence-corrected chi connectivity index (χ1v) is 8.41. The van der Waals surface area contributed by atoms with Crippen molar-refractivity contribution in [3.05, 3.63) is 26.6 Å². The van der Waals surface area contributed by atoms with Gasteiger partial charge in [0.2, 0.25) is 5.82 Å². The minimum absolute atomic E-state index is 0.280. The van der Waals surface area contributed by atoms with Crippen LogP contribution in [-0.4, -0.2) is 27.1 Å². The number of nitrogens with one attached hydrogen (secondary N) is 1. The molecule has 6 nitrogen and oxygen atoms in total. The van der Waals surface area contributed by atoms with Gasteiger partial charge in [0.25, 0.3) is 5.56 Å². The molecule has 2 aromatic heterocycles. The largest absolute Gasteiger partial charge is 0.475 e. The number of carboxylic acids is 1. The number of hydrogen-bond donors (Lipinski definition) is 3. The van der Waals surface area contributed by atoms with Crippen molar-refractivity contribution in [3.8, 4) is 0 Å². The molecular formula is C15H19N3O3S. The third kappa shape index (κ3) is 2.91. The summed E-state index contributed by atoms with van der Waals surface area (Å²) in [7, 11) is 0. The Balaban J connectivity index is 0.000000202. The van der Waals surface area contributed by atoms with Gasteiger partial charge >= 0.3 is 5.97 Å². The summed E-state index contributed by atoms with van der Waals surface area (Å²) in [5.74, 6) is -1.48. The second-order valence-electron chi connectivity index (χ2n) is 5.80. The summed E-state index contributed by atoms with van der Waals surface area (Å²) in [6.45, 7) is 0. The number of hydrogen-bond acceptors (Lipinski definition) is 5. The molecule has 0 atom stereocenters. The lowest BCUT2D eigenvalue weighted by atomic mass is 10.2. The molecule has 4 rings (SSSR count). The van der Waals surface area contributed by atoms with E-state index in [1.54, 1.807) is 0 Å². The van der Waals surface area contributed by atoms with Gasteiger partial charge in [0.05, 0.1) is 5.39 Å². The van der Waals surface area contributed by atoms with Crippen molar-refractivity contribution in [2.45, 2.75) is 51.0 Å². The monoisotopic (exact) mass is 321 g/mol. The van der Waals surface area contributed by atoms with E-state index in [-0.39, 0.29) is 11.4 Å². The van der Waals surface area contributed by atoms with Crippen LogP contribution in [0.2, 0.25) is 0 Å². The Bertz CT molecular complexity index is 759. The molecule has 0 aromatic carbocycles. The number of H-pyrrole nitrogens is 1. The lowest BCUT2D eigenvalue weighted by molar-refractivity contribution is 0.0683. The van der Waals surface area contributed by atoms with Crippen LogP contribution in [0.15, 0.2) is 4.79 Å². The van der Waals surface area contributed by atoms with Gasteiger partial charge < -0.3 is 15.8 Å². The first-order chi connectivity index (χ1) is 10.6. The van der Waals surface area contributed by atoms with E-state index in [2.05, 4.69) is 9.97 Å². The molecule has 7 heteroatoms. The lowest BCUT2D eigenvalue weighted by Crippen LogP contribution is -2.15. The minimum Gasteiger partial charge on any atom is -0.475 e. The summed E-state index contributed by atoms with van der Waals surface area (Å²) in [5, 5.41) is 9.37. The number of aromatic carboxylic acids is 1. The van der Waals surface area contributed by atoms with E-state index in [1.807, 2.05) is 0 Å². The molecule has 0 radical (unpaired) electrons. The standard InChI is InChI=1S/C10H8N2O3S.C5H11N/c13-8-6-4-2-1-3-5(4)16-9(6)12-7(11-8)10(14)15;6-5-3-1-2-4-5/h1-3H2,(H,14,15)(H,11,12,13);5H,1-4,6H2. The van der Waals surface area contributed by atoms with Gasteiger partial charge in [-0.2, -0.15) is 0 Å². The predicted molar refractivity (Wildman–Crippen MR) is 85.7 cm³/mol. The highest BCUT2D eigenvalue weighted by molar-refractivity contribution is 7.18. The Morgan fingerprint density at radius 1 is 1.27 bits per heavy atom. The zero-order chi connectivity index (χ0) is 15.7. The van der Waals surface area contributed by atoms with Gasteiger partial charge in [-0.25, -0.2) is 9.78 Å². The van der Waals surface area contributed by atoms with Crippen LogP contribution in [0.5, 0.6) is 0 Å². The highest BCUT2D eigenvalue weighted by Crippen LogP contribution is 2.34. The van der Waals surface area contributed by atoms with E-state index in [1.165, 1.54) is 41.9 Å². The molecule has 1 fully saturated rings. The second kappa shape index (κ2) is 6.18. The van der Waals surface area contributed by atoms with Crippen molar-refractivity contribution in [1.29, 1.82) is 0 Å². The molecule has 0 amide bonds. The maximum atomic E-state index is 11.8. The Morgan fingerprint density at radius 3 is 2.59 bits per heavy atom. The number of nitrogens with zero attached hydrogens (tertiary/aromatic N) is 1. The zero-order valence-corrected chi connectivity index (χ0v) is 13.0. The van der Waals surface area contributed by atoms with E-state index in [9.17, 15) is 9.59 Å². The van der Waals surface area contributed by atoms with Crippen LogP contribution in [0.3, 0.4) is 0 Å². The molecule has 0 unspecified atom stereocenters. The number of thiophene rings is 1. The molecule has 2 heterocycles. The highest BCUT2D eigenvalue weighted by Gasteiger charge is 2.22. The van der Waals surface area contributed by atoms with Crippen LogP contribution >= 0.6 is 11.3 Å². The number of aryl methyl sites for hydroxylation is 2. The maximum Gasteiger partial charge on any atom is 0.372 e. The summed E-state index contributed by atoms with van der Waals surface area (Å²) < 4.78 is 0. The molecule has 22 heavy (non-hydrogen) atoms. The van der Waals surface area contributed by atoms with Crippen LogP contribution < -0.4 is 11.3 Å². The van der Waals surface area contributed by atoms with Crippen LogP contribution in [0.25, 0.3) is 10.2 Å². The average molecular weight is 321 g/mol. The smallest absolute Gasteiger partial charge is 0.372 e. The van der Waals surface area contributed by atoms with Gasteiger partial charge in [0.1, 0.15) is 4.83 Å². The number of carboxylic acid groups (broad SMARTS) is 1. The number of nitrogens with two attached hydrogens (primary N) is 1. The van der Waals surface area contributed by atoms with Crippen molar-refractivity contribution in [3.63, 3.8) is 0 Å². The van der Waals surface area contributed by atoms with Crippen molar-refractivity contribution in [2.24, 2.45) is 5.73 Å². The van der Waals surface area contributed by atoms with Gasteiger partial charge in [-0.3, -0.25) is 4.79 Å². The summed E-state index contributed by atoms with van der Waals surface area (Å²) in [6, 6.07) is 0.546. The topological polar surface area (TPSA) is 109 Å². The predicted octanol–water partition coefficient (Wildman–Crippen LogP) is 2.06. The van der Waals surface area contributed by atoms with E-state index in [0.717, 1.165) is 24.8 Å². The summed E-state index contributed by atoms with van der Waals surface area (Å²) in [5.41, 5.74) is 6.26. The van der Waals surface area contributed by atoms with Crippen molar-refractivity contribution < 1.29 is 9.90 Å². The first-order valence-electron chi connectivity index (χ1n) is 7.59. The van der Waals surface area contributed by atoms with Gasteiger partial charge in [-0.05, 0) is 37.7 Å². The normalized spacial score (nSPS) is 17.3. The van der Waals surface area contributed by atoms with Crippen LogP contribution in [0.1, 0.15) is 53.2 Å². The molecular weight excluding hydrogens is 302 g/mol. The quantitative estimate of drug-likeness (QED) is 0.745. The van der Waals surface area contributed by atoms with Gasteiger partial charge in [0.15, 0.2) is 0 Å². The molecule has 0 spiro atoms. The van der Waals surface area contributed by atoms with Crippen molar-refractivity contribution in [2.75, 3.05) is 0 Å². The Morgan fingerprint density at radius 2 is 2.00 bits per heavy atom. The van der Waals surface area contributed by atoms with Crippen molar-refractivity contribution >= 4 is 27.5 Å². The third-order valence-corrected chi connectivity index (χ3v) is 5.36. The Hall–Kier alpha value is -1.73. The van der Waals surface area contributed by atoms with E-state index in [4.69, 9.17) is 10.8 Å². The number of fused-ring (bicyclic) bond motifs is 3. The molecule has 4 N–H and O–H groups in total. The minimum atomic E-state index is -1.20. The second-order valence-corrected chi connectivity index (χ2v) is 6.89.